The number of hydrogen-bond acceptors (Lipinski definition) is 7. The molecule has 9 nitrogen and oxygen atoms in total. The second-order valence-corrected chi connectivity index (χ2v) is 6.28. The van der Waals surface area contributed by atoms with Gasteiger partial charge in [0, 0.05) is 0 Å². The summed E-state index contributed by atoms with van der Waals surface area (Å²) >= 11 is 0. The van der Waals surface area contributed by atoms with E-state index in [1.807, 2.05) is 6.92 Å². The Labute approximate surface area is 178 Å². The summed E-state index contributed by atoms with van der Waals surface area (Å²) in [4.78, 5) is 23.2. The molecule has 162 valence electrons. The molecule has 0 aliphatic heterocycles. The molecule has 1 aromatic heterocycles. The van der Waals surface area contributed by atoms with Crippen LogP contribution in [0.4, 0.5) is 11.4 Å². The summed E-state index contributed by atoms with van der Waals surface area (Å²) in [6.45, 7) is 4.75. The minimum Gasteiger partial charge on any atom is -0.494 e. The Morgan fingerprint density at radius 1 is 0.935 bits per heavy atom. The molecule has 3 rings (SSSR count). The van der Waals surface area contributed by atoms with Crippen molar-refractivity contribution in [2.24, 2.45) is 0 Å². The summed E-state index contributed by atoms with van der Waals surface area (Å²) < 4.78 is 21.8. The van der Waals surface area contributed by atoms with Crippen molar-refractivity contribution in [2.75, 3.05) is 18.5 Å². The first kappa shape index (κ1) is 21.7. The van der Waals surface area contributed by atoms with Gasteiger partial charge in [-0.15, -0.1) is 0 Å². The van der Waals surface area contributed by atoms with E-state index in [1.165, 1.54) is 18.2 Å². The maximum absolute atomic E-state index is 12.5. The number of hydrogen-bond donors (Lipinski definition) is 1. The molecule has 0 aliphatic carbocycles. The van der Waals surface area contributed by atoms with E-state index < -0.39 is 10.8 Å². The van der Waals surface area contributed by atoms with E-state index in [0.29, 0.717) is 30.5 Å². The summed E-state index contributed by atoms with van der Waals surface area (Å²) in [6.07, 6.45) is 0. The lowest BCUT2D eigenvalue weighted by Gasteiger charge is -2.08. The van der Waals surface area contributed by atoms with Gasteiger partial charge in [0.1, 0.15) is 35.3 Å². The van der Waals surface area contributed by atoms with Gasteiger partial charge in [0.25, 0.3) is 11.6 Å². The fourth-order valence-corrected chi connectivity index (χ4v) is 2.74. The first-order valence-corrected chi connectivity index (χ1v) is 9.67. The number of amides is 1. The van der Waals surface area contributed by atoms with E-state index >= 15 is 0 Å². The predicted molar refractivity (Wildman–Crippen MR) is 113 cm³/mol. The van der Waals surface area contributed by atoms with Gasteiger partial charge in [0.15, 0.2) is 5.76 Å². The lowest BCUT2D eigenvalue weighted by molar-refractivity contribution is -0.384. The van der Waals surface area contributed by atoms with E-state index in [0.717, 1.165) is 5.75 Å². The van der Waals surface area contributed by atoms with Crippen LogP contribution < -0.4 is 19.5 Å². The third-order valence-electron chi connectivity index (χ3n) is 4.13. The van der Waals surface area contributed by atoms with Crippen LogP contribution in [0.25, 0.3) is 0 Å². The molecule has 9 heteroatoms. The van der Waals surface area contributed by atoms with Gasteiger partial charge in [-0.1, -0.05) is 0 Å². The van der Waals surface area contributed by atoms with Gasteiger partial charge in [-0.25, -0.2) is 0 Å². The van der Waals surface area contributed by atoms with E-state index in [-0.39, 0.29) is 23.7 Å². The van der Waals surface area contributed by atoms with Crippen molar-refractivity contribution >= 4 is 17.3 Å². The lowest BCUT2D eigenvalue weighted by atomic mass is 10.2. The SMILES string of the molecule is CCOc1ccc(OCc2ccc(C(=O)Nc3ccc(OCC)cc3[N+](=O)[O-])o2)cc1. The van der Waals surface area contributed by atoms with E-state index in [1.54, 1.807) is 43.3 Å². The Bertz CT molecular complexity index is 1040. The van der Waals surface area contributed by atoms with Gasteiger partial charge in [0.2, 0.25) is 0 Å². The normalized spacial score (nSPS) is 10.4. The maximum atomic E-state index is 12.5. The average molecular weight is 426 g/mol. The molecule has 0 saturated heterocycles. The molecule has 3 aromatic rings. The van der Waals surface area contributed by atoms with Gasteiger partial charge < -0.3 is 23.9 Å². The highest BCUT2D eigenvalue weighted by Gasteiger charge is 2.20. The van der Waals surface area contributed by atoms with Crippen LogP contribution in [0.1, 0.15) is 30.2 Å². The quantitative estimate of drug-likeness (QED) is 0.365. The fourth-order valence-electron chi connectivity index (χ4n) is 2.74. The zero-order valence-electron chi connectivity index (χ0n) is 17.1. The third kappa shape index (κ3) is 5.75. The first-order valence-electron chi connectivity index (χ1n) is 9.67. The number of ether oxygens (including phenoxy) is 3. The van der Waals surface area contributed by atoms with Crippen molar-refractivity contribution in [2.45, 2.75) is 20.5 Å². The Kier molecular flexibility index (Phi) is 7.10. The first-order chi connectivity index (χ1) is 15.0. The second kappa shape index (κ2) is 10.1. The van der Waals surface area contributed by atoms with Crippen LogP contribution in [0.3, 0.4) is 0 Å². The number of furan rings is 1. The number of carbonyl (C=O) groups is 1. The molecule has 0 aliphatic rings. The number of nitro benzene ring substituents is 1. The zero-order valence-corrected chi connectivity index (χ0v) is 17.1. The van der Waals surface area contributed by atoms with Crippen LogP contribution in [0.2, 0.25) is 0 Å². The number of nitrogens with one attached hydrogen (secondary N) is 1. The smallest absolute Gasteiger partial charge is 0.296 e. The standard InChI is InChI=1S/C22H22N2O7/c1-3-28-15-5-7-16(8-6-15)30-14-18-10-12-21(31-18)22(25)23-19-11-9-17(29-4-2)13-20(19)24(26)27/h5-13H,3-4,14H2,1-2H3,(H,23,25). The Morgan fingerprint density at radius 3 is 2.19 bits per heavy atom. The molecule has 31 heavy (non-hydrogen) atoms. The van der Waals surface area contributed by atoms with Crippen molar-refractivity contribution < 1.29 is 28.3 Å². The van der Waals surface area contributed by atoms with E-state index in [9.17, 15) is 14.9 Å². The Balaban J connectivity index is 1.63. The summed E-state index contributed by atoms with van der Waals surface area (Å²) in [7, 11) is 0. The topological polar surface area (TPSA) is 113 Å². The molecular formula is C22H22N2O7. The summed E-state index contributed by atoms with van der Waals surface area (Å²) in [5.41, 5.74) is -0.230. The second-order valence-electron chi connectivity index (χ2n) is 6.28. The minimum absolute atomic E-state index is 0.00785. The van der Waals surface area contributed by atoms with Crippen LogP contribution >= 0.6 is 0 Å². The molecule has 0 saturated carbocycles. The molecule has 0 spiro atoms. The van der Waals surface area contributed by atoms with Crippen LogP contribution in [0.5, 0.6) is 17.2 Å². The number of nitro groups is 1. The summed E-state index contributed by atoms with van der Waals surface area (Å²) in [5.74, 6) is 1.54. The van der Waals surface area contributed by atoms with E-state index in [2.05, 4.69) is 5.32 Å². The number of rotatable bonds is 10. The molecule has 0 radical (unpaired) electrons. The highest BCUT2D eigenvalue weighted by Crippen LogP contribution is 2.29. The fraction of sp³-hybridized carbons (Fsp3) is 0.227. The Hall–Kier alpha value is -4.01. The molecule has 0 unspecified atom stereocenters. The van der Waals surface area contributed by atoms with Crippen molar-refractivity contribution in [1.29, 1.82) is 0 Å². The van der Waals surface area contributed by atoms with Crippen molar-refractivity contribution in [3.8, 4) is 17.2 Å². The van der Waals surface area contributed by atoms with Crippen molar-refractivity contribution in [1.82, 2.24) is 0 Å². The number of carbonyl (C=O) groups excluding carboxylic acids is 1. The van der Waals surface area contributed by atoms with Gasteiger partial charge >= 0.3 is 0 Å². The van der Waals surface area contributed by atoms with Crippen LogP contribution in [0.15, 0.2) is 59.0 Å². The maximum Gasteiger partial charge on any atom is 0.296 e. The minimum atomic E-state index is -0.612. The average Bonchev–Trinajstić information content (AvgIpc) is 3.24. The Morgan fingerprint density at radius 2 is 1.55 bits per heavy atom. The summed E-state index contributed by atoms with van der Waals surface area (Å²) in [5, 5.41) is 13.8. The molecule has 0 fully saturated rings. The van der Waals surface area contributed by atoms with Crippen molar-refractivity contribution in [3.05, 3.63) is 76.2 Å². The van der Waals surface area contributed by atoms with Crippen LogP contribution in [0, 0.1) is 10.1 Å². The van der Waals surface area contributed by atoms with Gasteiger partial charge in [0.05, 0.1) is 24.2 Å². The monoisotopic (exact) mass is 426 g/mol. The van der Waals surface area contributed by atoms with Crippen LogP contribution in [-0.4, -0.2) is 24.0 Å². The third-order valence-corrected chi connectivity index (χ3v) is 4.13. The molecule has 1 amide bonds. The van der Waals surface area contributed by atoms with Gasteiger partial charge in [-0.3, -0.25) is 14.9 Å². The number of nitrogens with zero attached hydrogens (tertiary/aromatic N) is 1. The molecule has 1 N–H and O–H groups in total. The van der Waals surface area contributed by atoms with Gasteiger partial charge in [-0.05, 0) is 62.4 Å². The molecule has 1 heterocycles. The predicted octanol–water partition coefficient (Wildman–Crippen LogP) is 4.82. The molecule has 0 bridgehead atoms. The number of benzene rings is 2. The largest absolute Gasteiger partial charge is 0.494 e. The highest BCUT2D eigenvalue weighted by molar-refractivity contribution is 6.03. The summed E-state index contributed by atoms with van der Waals surface area (Å²) in [6, 6.07) is 14.4. The van der Waals surface area contributed by atoms with Crippen LogP contribution in [-0.2, 0) is 6.61 Å². The van der Waals surface area contributed by atoms with E-state index in [4.69, 9.17) is 18.6 Å². The van der Waals surface area contributed by atoms with Gasteiger partial charge in [-0.2, -0.15) is 0 Å². The molecule has 2 aromatic carbocycles. The lowest BCUT2D eigenvalue weighted by Crippen LogP contribution is -2.12. The molecular weight excluding hydrogens is 404 g/mol. The molecule has 0 atom stereocenters. The van der Waals surface area contributed by atoms with Crippen molar-refractivity contribution in [3.63, 3.8) is 0 Å². The highest BCUT2D eigenvalue weighted by atomic mass is 16.6. The zero-order chi connectivity index (χ0) is 22.2. The number of anilines is 1.